The van der Waals surface area contributed by atoms with Gasteiger partial charge in [-0.2, -0.15) is 0 Å². The first kappa shape index (κ1) is 31.8. The number of nitrogens with zero attached hydrogens (tertiary/aromatic N) is 4. The van der Waals surface area contributed by atoms with Gasteiger partial charge in [0.25, 0.3) is 0 Å². The maximum Gasteiger partial charge on any atom is 0.248 e. The fourth-order valence-corrected chi connectivity index (χ4v) is 7.50. The Morgan fingerprint density at radius 2 is 1.84 bits per heavy atom. The average molecular weight is 627 g/mol. The van der Waals surface area contributed by atoms with Crippen LogP contribution in [0.25, 0.3) is 11.3 Å². The molecule has 2 aromatic heterocycles. The molecule has 1 aliphatic carbocycles. The van der Waals surface area contributed by atoms with Crippen LogP contribution in [0.4, 0.5) is 17.6 Å². The van der Waals surface area contributed by atoms with Crippen molar-refractivity contribution in [3.05, 3.63) is 65.1 Å². The first-order valence-corrected chi connectivity index (χ1v) is 14.8. The van der Waals surface area contributed by atoms with E-state index >= 15 is 0 Å². The first-order chi connectivity index (χ1) is 20.4. The van der Waals surface area contributed by atoms with Gasteiger partial charge >= 0.3 is 0 Å². The van der Waals surface area contributed by atoms with Crippen molar-refractivity contribution in [3.8, 4) is 11.3 Å². The van der Waals surface area contributed by atoms with Crippen LogP contribution in [0.5, 0.6) is 0 Å². The minimum Gasteiger partial charge on any atom is -0.394 e. The molecule has 0 spiro atoms. The highest BCUT2D eigenvalue weighted by Gasteiger charge is 2.53. The molecule has 3 heterocycles. The molecule has 43 heavy (non-hydrogen) atoms. The van der Waals surface area contributed by atoms with Gasteiger partial charge in [-0.1, -0.05) is 11.3 Å². The number of ether oxygens (including phenoxy) is 2. The Morgan fingerprint density at radius 1 is 1.16 bits per heavy atom. The van der Waals surface area contributed by atoms with Crippen molar-refractivity contribution >= 4 is 11.8 Å². The SMILES string of the molecule is CO[C@@H]1[C@@H](n2cc(-c3cc(F)c(C)c(F)c3)nn2)[C@@H](O)[C@@H](CO)O[C@H]1S[C@H](c1ncccc1C)C1(O)CCC(F)(F)CC1. The highest BCUT2D eigenvalue weighted by atomic mass is 32.2. The van der Waals surface area contributed by atoms with Crippen LogP contribution in [0.15, 0.2) is 36.7 Å². The Hall–Kier alpha value is -2.62. The highest BCUT2D eigenvalue weighted by molar-refractivity contribution is 8.00. The molecule has 3 N–H and O–H groups in total. The third-order valence-corrected chi connectivity index (χ3v) is 9.97. The zero-order valence-corrected chi connectivity index (χ0v) is 24.6. The molecule has 2 aliphatic rings. The molecule has 1 aromatic carbocycles. The number of aryl methyl sites for hydroxylation is 1. The minimum atomic E-state index is -2.89. The fourth-order valence-electron chi connectivity index (χ4n) is 5.73. The van der Waals surface area contributed by atoms with Crippen molar-refractivity contribution in [1.29, 1.82) is 0 Å². The summed E-state index contributed by atoms with van der Waals surface area (Å²) in [6.07, 6.45) is -1.80. The highest BCUT2D eigenvalue weighted by Crippen LogP contribution is 2.53. The molecule has 1 saturated carbocycles. The Morgan fingerprint density at radius 3 is 2.44 bits per heavy atom. The summed E-state index contributed by atoms with van der Waals surface area (Å²) in [5.41, 5.74) is -1.15. The molecule has 0 radical (unpaired) electrons. The number of pyridine rings is 1. The van der Waals surface area contributed by atoms with Gasteiger partial charge in [-0.05, 0) is 50.5 Å². The van der Waals surface area contributed by atoms with E-state index in [4.69, 9.17) is 9.47 Å². The van der Waals surface area contributed by atoms with E-state index in [1.807, 2.05) is 13.0 Å². The molecular weight excluding hydrogens is 592 g/mol. The molecule has 14 heteroatoms. The topological polar surface area (TPSA) is 123 Å². The number of aliphatic hydroxyl groups is 3. The van der Waals surface area contributed by atoms with Crippen molar-refractivity contribution in [2.24, 2.45) is 0 Å². The molecule has 1 aliphatic heterocycles. The number of hydrogen-bond donors (Lipinski definition) is 3. The molecule has 5 rings (SSSR count). The van der Waals surface area contributed by atoms with Gasteiger partial charge in [0.2, 0.25) is 5.92 Å². The summed E-state index contributed by atoms with van der Waals surface area (Å²) in [6, 6.07) is 4.81. The smallest absolute Gasteiger partial charge is 0.248 e. The van der Waals surface area contributed by atoms with Gasteiger partial charge in [0.15, 0.2) is 0 Å². The van der Waals surface area contributed by atoms with Gasteiger partial charge in [-0.3, -0.25) is 4.98 Å². The van der Waals surface area contributed by atoms with Crippen LogP contribution in [0.3, 0.4) is 0 Å². The molecule has 3 aromatic rings. The largest absolute Gasteiger partial charge is 0.394 e. The maximum absolute atomic E-state index is 14.3. The summed E-state index contributed by atoms with van der Waals surface area (Å²) in [6.45, 7) is 2.54. The minimum absolute atomic E-state index is 0.133. The van der Waals surface area contributed by atoms with Gasteiger partial charge in [0, 0.05) is 37.3 Å². The molecule has 234 valence electrons. The van der Waals surface area contributed by atoms with E-state index < -0.39 is 77.6 Å². The number of aliphatic hydroxyl groups excluding tert-OH is 2. The van der Waals surface area contributed by atoms with E-state index in [9.17, 15) is 32.9 Å². The zero-order valence-electron chi connectivity index (χ0n) is 23.8. The number of thioether (sulfide) groups is 1. The lowest BCUT2D eigenvalue weighted by atomic mass is 9.79. The molecule has 0 amide bonds. The zero-order chi connectivity index (χ0) is 31.1. The van der Waals surface area contributed by atoms with Gasteiger partial charge in [0.1, 0.15) is 47.1 Å². The molecule has 2 fully saturated rings. The van der Waals surface area contributed by atoms with E-state index in [1.165, 1.54) is 24.9 Å². The fraction of sp³-hybridized carbons (Fsp3) is 0.552. The molecule has 6 atom stereocenters. The molecule has 0 unspecified atom stereocenters. The predicted octanol–water partition coefficient (Wildman–Crippen LogP) is 4.28. The molecule has 0 bridgehead atoms. The van der Waals surface area contributed by atoms with Crippen molar-refractivity contribution in [1.82, 2.24) is 20.0 Å². The van der Waals surface area contributed by atoms with E-state index in [0.29, 0.717) is 5.69 Å². The lowest BCUT2D eigenvalue weighted by Crippen LogP contribution is -2.56. The Bertz CT molecular complexity index is 1410. The summed E-state index contributed by atoms with van der Waals surface area (Å²) < 4.78 is 70.0. The normalized spacial score (nSPS) is 27.6. The van der Waals surface area contributed by atoms with Crippen LogP contribution in [0.1, 0.15) is 53.8 Å². The van der Waals surface area contributed by atoms with Crippen LogP contribution >= 0.6 is 11.8 Å². The summed E-state index contributed by atoms with van der Waals surface area (Å²) in [7, 11) is 1.39. The first-order valence-electron chi connectivity index (χ1n) is 13.9. The summed E-state index contributed by atoms with van der Waals surface area (Å²) >= 11 is 1.11. The van der Waals surface area contributed by atoms with Crippen molar-refractivity contribution < 1.29 is 42.4 Å². The van der Waals surface area contributed by atoms with Crippen molar-refractivity contribution in [2.45, 2.75) is 86.1 Å². The number of hydrogen-bond acceptors (Lipinski definition) is 9. The van der Waals surface area contributed by atoms with Crippen molar-refractivity contribution in [2.75, 3.05) is 13.7 Å². The molecular formula is C29H34F4N4O5S. The number of aromatic nitrogens is 4. The lowest BCUT2D eigenvalue weighted by molar-refractivity contribution is -0.186. The number of alkyl halides is 2. The maximum atomic E-state index is 14.3. The Kier molecular flexibility index (Phi) is 9.17. The van der Waals surface area contributed by atoms with Crippen LogP contribution in [-0.2, 0) is 9.47 Å². The third-order valence-electron chi connectivity index (χ3n) is 8.39. The Balaban J connectivity index is 1.50. The quantitative estimate of drug-likeness (QED) is 0.315. The monoisotopic (exact) mass is 626 g/mol. The lowest BCUT2D eigenvalue weighted by Gasteiger charge is -2.47. The number of rotatable bonds is 8. The van der Waals surface area contributed by atoms with E-state index in [-0.39, 0.29) is 29.7 Å². The second kappa shape index (κ2) is 12.4. The van der Waals surface area contributed by atoms with Crippen LogP contribution in [0, 0.1) is 25.5 Å². The second-order valence-corrected chi connectivity index (χ2v) is 12.4. The predicted molar refractivity (Wildman–Crippen MR) is 149 cm³/mol. The average Bonchev–Trinajstić information content (AvgIpc) is 3.46. The van der Waals surface area contributed by atoms with Crippen LogP contribution < -0.4 is 0 Å². The Labute approximate surface area is 250 Å². The van der Waals surface area contributed by atoms with Gasteiger partial charge in [-0.15, -0.1) is 16.9 Å². The van der Waals surface area contributed by atoms with Gasteiger partial charge in [-0.25, -0.2) is 22.2 Å². The summed E-state index contributed by atoms with van der Waals surface area (Å²) in [4.78, 5) is 4.49. The van der Waals surface area contributed by atoms with E-state index in [1.54, 1.807) is 12.3 Å². The third kappa shape index (κ3) is 6.31. The van der Waals surface area contributed by atoms with E-state index in [2.05, 4.69) is 15.3 Å². The summed E-state index contributed by atoms with van der Waals surface area (Å²) in [5, 5.41) is 40.5. The molecule has 9 nitrogen and oxygen atoms in total. The number of halogens is 4. The van der Waals surface area contributed by atoms with E-state index in [0.717, 1.165) is 29.5 Å². The van der Waals surface area contributed by atoms with Crippen molar-refractivity contribution in [3.63, 3.8) is 0 Å². The number of methoxy groups -OCH3 is 1. The van der Waals surface area contributed by atoms with Crippen LogP contribution in [-0.4, -0.2) is 84.3 Å². The van der Waals surface area contributed by atoms with Gasteiger partial charge in [0.05, 0.1) is 29.3 Å². The van der Waals surface area contributed by atoms with Crippen LogP contribution in [0.2, 0.25) is 0 Å². The molecule has 1 saturated heterocycles. The summed E-state index contributed by atoms with van der Waals surface area (Å²) in [5.74, 6) is -4.39. The van der Waals surface area contributed by atoms with Gasteiger partial charge < -0.3 is 24.8 Å². The standard InChI is InChI=1S/C29H34F4N4O5S/c1-15-5-4-10-34-22(15)26(28(40)6-8-29(32,33)9-7-28)43-27-25(41-3)23(24(39)21(14-38)42-27)37-13-20(35-36-37)17-11-18(30)16(2)19(31)12-17/h4-5,10-13,21,23-27,38-40H,6-9,14H2,1-3H3/t21-,23+,24+,25-,26-,27+/m1/s1. The number of benzene rings is 1. The second-order valence-electron chi connectivity index (χ2n) is 11.2.